The van der Waals surface area contributed by atoms with Crippen LogP contribution in [0.5, 0.6) is 5.75 Å². The lowest BCUT2D eigenvalue weighted by atomic mass is 10.2. The Hall–Kier alpha value is -2.54. The summed E-state index contributed by atoms with van der Waals surface area (Å²) in [6.45, 7) is 0.474. The zero-order valence-electron chi connectivity index (χ0n) is 13.5. The van der Waals surface area contributed by atoms with E-state index in [1.807, 2.05) is 47.2 Å². The van der Waals surface area contributed by atoms with Gasteiger partial charge >= 0.3 is 0 Å². The maximum atomic E-state index is 12.4. The van der Waals surface area contributed by atoms with Crippen molar-refractivity contribution in [3.63, 3.8) is 0 Å². The molecule has 0 fully saturated rings. The highest BCUT2D eigenvalue weighted by Gasteiger charge is 2.13. The van der Waals surface area contributed by atoms with Crippen molar-refractivity contribution in [3.05, 3.63) is 54.0 Å². The topological polar surface area (TPSA) is 68.5 Å². The first-order valence-corrected chi connectivity index (χ1v) is 8.74. The van der Waals surface area contributed by atoms with Gasteiger partial charge in [0.15, 0.2) is 5.65 Å². The van der Waals surface area contributed by atoms with E-state index in [-0.39, 0.29) is 5.91 Å². The summed E-state index contributed by atoms with van der Waals surface area (Å²) >= 11 is 1.61. The molecule has 7 heteroatoms. The van der Waals surface area contributed by atoms with E-state index in [1.165, 1.54) is 0 Å². The predicted molar refractivity (Wildman–Crippen MR) is 93.8 cm³/mol. The van der Waals surface area contributed by atoms with E-state index in [0.717, 1.165) is 16.4 Å². The summed E-state index contributed by atoms with van der Waals surface area (Å²) in [6.07, 6.45) is 4.50. The molecule has 0 aliphatic rings. The van der Waals surface area contributed by atoms with E-state index in [2.05, 4.69) is 15.5 Å². The number of benzene rings is 1. The molecule has 0 saturated carbocycles. The molecule has 0 atom stereocenters. The first kappa shape index (κ1) is 16.3. The van der Waals surface area contributed by atoms with Gasteiger partial charge in [-0.05, 0) is 36.6 Å². The van der Waals surface area contributed by atoms with Gasteiger partial charge in [0.25, 0.3) is 5.91 Å². The zero-order chi connectivity index (χ0) is 16.9. The number of ether oxygens (including phenoxy) is 1. The van der Waals surface area contributed by atoms with Gasteiger partial charge in [0.05, 0.1) is 12.7 Å². The fourth-order valence-corrected chi connectivity index (χ4v) is 2.86. The number of fused-ring (bicyclic) bond motifs is 1. The van der Waals surface area contributed by atoms with Crippen LogP contribution in [0.25, 0.3) is 5.65 Å². The number of methoxy groups -OCH3 is 1. The Balaban J connectivity index is 1.65. The SMILES string of the molecule is COc1cc(SC)ccc1C(=O)NCCc1nnc2ccccn12. The predicted octanol–water partition coefficient (Wildman–Crippen LogP) is 2.43. The number of pyridine rings is 1. The molecule has 2 aromatic heterocycles. The fraction of sp³-hybridized carbons (Fsp3) is 0.235. The Kier molecular flexibility index (Phi) is 5.00. The molecule has 0 spiro atoms. The second kappa shape index (κ2) is 7.35. The zero-order valence-corrected chi connectivity index (χ0v) is 14.3. The molecule has 6 nitrogen and oxygen atoms in total. The third-order valence-electron chi connectivity index (χ3n) is 3.67. The Morgan fingerprint density at radius 2 is 2.17 bits per heavy atom. The molecule has 0 radical (unpaired) electrons. The molecule has 0 bridgehead atoms. The number of carbonyl (C=O) groups excluding carboxylic acids is 1. The minimum absolute atomic E-state index is 0.159. The average Bonchev–Trinajstić information content (AvgIpc) is 3.04. The highest BCUT2D eigenvalue weighted by molar-refractivity contribution is 7.98. The van der Waals surface area contributed by atoms with Gasteiger partial charge in [0.1, 0.15) is 11.6 Å². The Morgan fingerprint density at radius 3 is 2.96 bits per heavy atom. The number of nitrogens with one attached hydrogen (secondary N) is 1. The summed E-state index contributed by atoms with van der Waals surface area (Å²) in [5, 5.41) is 11.2. The monoisotopic (exact) mass is 342 g/mol. The molecule has 2 heterocycles. The van der Waals surface area contributed by atoms with Gasteiger partial charge in [0.2, 0.25) is 0 Å². The van der Waals surface area contributed by atoms with Crippen molar-refractivity contribution in [2.75, 3.05) is 19.9 Å². The number of rotatable bonds is 6. The highest BCUT2D eigenvalue weighted by atomic mass is 32.2. The summed E-state index contributed by atoms with van der Waals surface area (Å²) in [4.78, 5) is 13.4. The van der Waals surface area contributed by atoms with Gasteiger partial charge in [-0.1, -0.05) is 6.07 Å². The second-order valence-corrected chi connectivity index (χ2v) is 6.00. The van der Waals surface area contributed by atoms with Crippen LogP contribution in [-0.4, -0.2) is 40.4 Å². The van der Waals surface area contributed by atoms with Crippen molar-refractivity contribution in [2.24, 2.45) is 0 Å². The van der Waals surface area contributed by atoms with E-state index >= 15 is 0 Å². The van der Waals surface area contributed by atoms with E-state index in [1.54, 1.807) is 24.9 Å². The first-order chi connectivity index (χ1) is 11.7. The summed E-state index contributed by atoms with van der Waals surface area (Å²) in [6, 6.07) is 11.3. The lowest BCUT2D eigenvalue weighted by Gasteiger charge is -2.10. The number of amides is 1. The molecule has 0 saturated heterocycles. The Bertz CT molecular complexity index is 863. The van der Waals surface area contributed by atoms with Crippen LogP contribution in [-0.2, 0) is 6.42 Å². The minimum atomic E-state index is -0.159. The van der Waals surface area contributed by atoms with Crippen LogP contribution in [0, 0.1) is 0 Å². The van der Waals surface area contributed by atoms with Crippen molar-refractivity contribution in [3.8, 4) is 5.75 Å². The molecule has 0 aliphatic heterocycles. The van der Waals surface area contributed by atoms with Crippen molar-refractivity contribution >= 4 is 23.3 Å². The van der Waals surface area contributed by atoms with Gasteiger partial charge in [-0.15, -0.1) is 22.0 Å². The molecule has 1 aromatic carbocycles. The number of carbonyl (C=O) groups is 1. The number of nitrogens with zero attached hydrogens (tertiary/aromatic N) is 3. The van der Waals surface area contributed by atoms with Crippen LogP contribution in [0.3, 0.4) is 0 Å². The number of hydrogen-bond donors (Lipinski definition) is 1. The van der Waals surface area contributed by atoms with Crippen molar-refractivity contribution in [1.29, 1.82) is 0 Å². The van der Waals surface area contributed by atoms with Crippen LogP contribution in [0.4, 0.5) is 0 Å². The third kappa shape index (κ3) is 3.35. The molecule has 3 rings (SSSR count). The Labute approximate surface area is 144 Å². The minimum Gasteiger partial charge on any atom is -0.496 e. The number of hydrogen-bond acceptors (Lipinski definition) is 5. The molecule has 1 amide bonds. The van der Waals surface area contributed by atoms with Crippen molar-refractivity contribution in [2.45, 2.75) is 11.3 Å². The normalized spacial score (nSPS) is 10.8. The van der Waals surface area contributed by atoms with E-state index in [0.29, 0.717) is 24.3 Å². The second-order valence-electron chi connectivity index (χ2n) is 5.12. The van der Waals surface area contributed by atoms with Gasteiger partial charge in [-0.3, -0.25) is 9.20 Å². The molecular weight excluding hydrogens is 324 g/mol. The van der Waals surface area contributed by atoms with Crippen molar-refractivity contribution in [1.82, 2.24) is 19.9 Å². The molecule has 1 N–H and O–H groups in total. The summed E-state index contributed by atoms with van der Waals surface area (Å²) in [7, 11) is 1.57. The van der Waals surface area contributed by atoms with Gasteiger partial charge in [-0.2, -0.15) is 0 Å². The smallest absolute Gasteiger partial charge is 0.255 e. The standard InChI is InChI=1S/C17H18N4O2S/c1-23-14-11-12(24-2)6-7-13(14)17(22)18-9-8-16-20-19-15-5-3-4-10-21(15)16/h3-7,10-11H,8-9H2,1-2H3,(H,18,22). The highest BCUT2D eigenvalue weighted by Crippen LogP contribution is 2.25. The number of thioether (sulfide) groups is 1. The molecular formula is C17H18N4O2S. The van der Waals surface area contributed by atoms with Crippen LogP contribution in [0.2, 0.25) is 0 Å². The fourth-order valence-electron chi connectivity index (χ4n) is 2.43. The molecule has 3 aromatic rings. The summed E-state index contributed by atoms with van der Waals surface area (Å²) < 4.78 is 7.23. The summed E-state index contributed by atoms with van der Waals surface area (Å²) in [5.74, 6) is 1.23. The Morgan fingerprint density at radius 1 is 1.29 bits per heavy atom. The molecule has 0 unspecified atom stereocenters. The van der Waals surface area contributed by atoms with Gasteiger partial charge in [0, 0.05) is 24.1 Å². The largest absolute Gasteiger partial charge is 0.496 e. The van der Waals surface area contributed by atoms with Crippen LogP contribution in [0.1, 0.15) is 16.2 Å². The molecule has 0 aliphatic carbocycles. The quantitative estimate of drug-likeness (QED) is 0.697. The average molecular weight is 342 g/mol. The van der Waals surface area contributed by atoms with Gasteiger partial charge in [-0.25, -0.2) is 0 Å². The van der Waals surface area contributed by atoms with E-state index in [9.17, 15) is 4.79 Å². The van der Waals surface area contributed by atoms with Gasteiger partial charge < -0.3 is 10.1 Å². The summed E-state index contributed by atoms with van der Waals surface area (Å²) in [5.41, 5.74) is 1.33. The molecule has 124 valence electrons. The maximum absolute atomic E-state index is 12.4. The van der Waals surface area contributed by atoms with E-state index < -0.39 is 0 Å². The maximum Gasteiger partial charge on any atom is 0.255 e. The lowest BCUT2D eigenvalue weighted by molar-refractivity contribution is 0.0951. The third-order valence-corrected chi connectivity index (χ3v) is 4.40. The van der Waals surface area contributed by atoms with Crippen LogP contribution >= 0.6 is 11.8 Å². The lowest BCUT2D eigenvalue weighted by Crippen LogP contribution is -2.26. The van der Waals surface area contributed by atoms with Crippen molar-refractivity contribution < 1.29 is 9.53 Å². The molecule has 24 heavy (non-hydrogen) atoms. The van der Waals surface area contributed by atoms with E-state index in [4.69, 9.17) is 4.74 Å². The first-order valence-electron chi connectivity index (χ1n) is 7.52. The van der Waals surface area contributed by atoms with Crippen LogP contribution in [0.15, 0.2) is 47.5 Å². The number of aromatic nitrogens is 3. The van der Waals surface area contributed by atoms with Crippen LogP contribution < -0.4 is 10.1 Å².